The van der Waals surface area contributed by atoms with Gasteiger partial charge < -0.3 is 26.2 Å². The summed E-state index contributed by atoms with van der Waals surface area (Å²) in [5.41, 5.74) is 5.36. The molecule has 0 radical (unpaired) electrons. The maximum absolute atomic E-state index is 12.8. The Labute approximate surface area is 302 Å². The molecule has 0 bridgehead atoms. The zero-order valence-corrected chi connectivity index (χ0v) is 33.0. The molecule has 0 aliphatic carbocycles. The van der Waals surface area contributed by atoms with Crippen molar-refractivity contribution in [3.63, 3.8) is 0 Å². The third kappa shape index (κ3) is 34.3. The van der Waals surface area contributed by atoms with Gasteiger partial charge in [0.25, 0.3) is 0 Å². The average Bonchev–Trinajstić information content (AvgIpc) is 3.07. The van der Waals surface area contributed by atoms with E-state index in [0.717, 1.165) is 38.5 Å². The molecule has 0 aliphatic heterocycles. The second-order valence-electron chi connectivity index (χ2n) is 14.4. The third-order valence-electron chi connectivity index (χ3n) is 9.52. The first kappa shape index (κ1) is 48.5. The first-order valence-electron chi connectivity index (χ1n) is 20.7. The smallest absolute Gasteiger partial charge is 0.393 e. The molecule has 0 aliphatic rings. The van der Waals surface area contributed by atoms with Crippen LogP contribution in [-0.4, -0.2) is 59.0 Å². The number of unbranched alkanes of at least 4 members (excludes halogenated alkanes) is 25. The third-order valence-corrected chi connectivity index (χ3v) is 10.5. The van der Waals surface area contributed by atoms with Gasteiger partial charge in [0, 0.05) is 6.54 Å². The van der Waals surface area contributed by atoms with Crippen LogP contribution < -0.4 is 11.1 Å². The standard InChI is InChI=1S/C39H81N2O7P/c1-3-5-7-9-11-13-15-17-18-19-21-23-25-27-29-31-38(43)37(35-48-49(45,46)47-33-32-40)41-39(44)34-36(42)30-28-26-24-22-20-16-14-12-10-8-6-4-2/h36-38,42-43H,3-35,40H2,1-2H3,(H,41,44)(H,45,46). The Hall–Kier alpha value is -0.540. The number of carbonyl (C=O) groups excluding carboxylic acids is 1. The molecule has 0 saturated carbocycles. The van der Waals surface area contributed by atoms with Gasteiger partial charge in [-0.3, -0.25) is 13.8 Å². The Morgan fingerprint density at radius 3 is 1.37 bits per heavy atom. The molecule has 6 N–H and O–H groups in total. The van der Waals surface area contributed by atoms with Gasteiger partial charge in [0.1, 0.15) is 0 Å². The van der Waals surface area contributed by atoms with Crippen molar-refractivity contribution in [2.45, 2.75) is 225 Å². The van der Waals surface area contributed by atoms with E-state index in [2.05, 4.69) is 19.2 Å². The van der Waals surface area contributed by atoms with E-state index in [4.69, 9.17) is 14.8 Å². The number of rotatable bonds is 39. The lowest BCUT2D eigenvalue weighted by Gasteiger charge is -2.25. The maximum atomic E-state index is 12.8. The molecule has 0 rings (SSSR count). The molecular formula is C39H81N2O7P. The van der Waals surface area contributed by atoms with Crippen LogP contribution in [0.3, 0.4) is 0 Å². The normalized spacial score (nSPS) is 14.8. The first-order valence-corrected chi connectivity index (χ1v) is 22.2. The Morgan fingerprint density at radius 2 is 0.980 bits per heavy atom. The van der Waals surface area contributed by atoms with Crippen molar-refractivity contribution in [3.05, 3.63) is 0 Å². The van der Waals surface area contributed by atoms with E-state index < -0.39 is 32.0 Å². The first-order chi connectivity index (χ1) is 23.8. The number of aliphatic hydroxyl groups is 2. The average molecular weight is 721 g/mol. The highest BCUT2D eigenvalue weighted by molar-refractivity contribution is 7.47. The summed E-state index contributed by atoms with van der Waals surface area (Å²) in [5, 5.41) is 24.1. The van der Waals surface area contributed by atoms with Crippen molar-refractivity contribution >= 4 is 13.7 Å². The highest BCUT2D eigenvalue weighted by Crippen LogP contribution is 2.43. The predicted octanol–water partition coefficient (Wildman–Crippen LogP) is 10.0. The van der Waals surface area contributed by atoms with Crippen molar-refractivity contribution in [2.75, 3.05) is 19.8 Å². The summed E-state index contributed by atoms with van der Waals surface area (Å²) in [5.74, 6) is -0.411. The van der Waals surface area contributed by atoms with Crippen molar-refractivity contribution in [2.24, 2.45) is 5.73 Å². The fraction of sp³-hybridized carbons (Fsp3) is 0.974. The molecular weight excluding hydrogens is 639 g/mol. The summed E-state index contributed by atoms with van der Waals surface area (Å²) >= 11 is 0. The van der Waals surface area contributed by atoms with Gasteiger partial charge in [0.15, 0.2) is 0 Å². The predicted molar refractivity (Wildman–Crippen MR) is 205 cm³/mol. The minimum Gasteiger partial charge on any atom is -0.393 e. The van der Waals surface area contributed by atoms with E-state index in [9.17, 15) is 24.5 Å². The molecule has 4 unspecified atom stereocenters. The van der Waals surface area contributed by atoms with Gasteiger partial charge in [0.2, 0.25) is 5.91 Å². The summed E-state index contributed by atoms with van der Waals surface area (Å²) in [7, 11) is -4.37. The van der Waals surface area contributed by atoms with E-state index >= 15 is 0 Å². The summed E-state index contributed by atoms with van der Waals surface area (Å²) in [4.78, 5) is 22.7. The molecule has 9 nitrogen and oxygen atoms in total. The van der Waals surface area contributed by atoms with E-state index in [-0.39, 0.29) is 26.2 Å². The summed E-state index contributed by atoms with van der Waals surface area (Å²) < 4.78 is 22.1. The molecule has 1 amide bonds. The van der Waals surface area contributed by atoms with Crippen LogP contribution in [0.1, 0.15) is 206 Å². The van der Waals surface area contributed by atoms with E-state index in [0.29, 0.717) is 12.8 Å². The molecule has 10 heteroatoms. The van der Waals surface area contributed by atoms with E-state index in [1.165, 1.54) is 135 Å². The number of phosphoric ester groups is 1. The molecule has 0 aromatic heterocycles. The van der Waals surface area contributed by atoms with E-state index in [1.807, 2.05) is 0 Å². The Kier molecular flexibility index (Phi) is 35.4. The number of phosphoric acid groups is 1. The number of hydrogen-bond donors (Lipinski definition) is 5. The number of amides is 1. The Balaban J connectivity index is 4.29. The fourth-order valence-corrected chi connectivity index (χ4v) is 7.12. The zero-order valence-electron chi connectivity index (χ0n) is 32.1. The van der Waals surface area contributed by atoms with Crippen molar-refractivity contribution in [3.8, 4) is 0 Å². The van der Waals surface area contributed by atoms with Crippen LogP contribution in [0.5, 0.6) is 0 Å². The lowest BCUT2D eigenvalue weighted by Crippen LogP contribution is -2.47. The topological polar surface area (TPSA) is 151 Å². The van der Waals surface area contributed by atoms with Gasteiger partial charge in [-0.05, 0) is 12.8 Å². The van der Waals surface area contributed by atoms with E-state index in [1.54, 1.807) is 0 Å². The Morgan fingerprint density at radius 1 is 0.612 bits per heavy atom. The molecule has 294 valence electrons. The van der Waals surface area contributed by atoms with Gasteiger partial charge in [0.05, 0.1) is 37.9 Å². The van der Waals surface area contributed by atoms with Crippen molar-refractivity contribution in [1.29, 1.82) is 0 Å². The molecule has 4 atom stereocenters. The summed E-state index contributed by atoms with van der Waals surface area (Å²) in [6, 6.07) is -0.889. The maximum Gasteiger partial charge on any atom is 0.472 e. The molecule has 0 heterocycles. The van der Waals surface area contributed by atoms with Gasteiger partial charge >= 0.3 is 7.82 Å². The van der Waals surface area contributed by atoms with Crippen molar-refractivity contribution < 1.29 is 33.5 Å². The Bertz CT molecular complexity index is 761. The highest BCUT2D eigenvalue weighted by atomic mass is 31.2. The summed E-state index contributed by atoms with van der Waals surface area (Å²) in [6.45, 7) is 4.05. The molecule has 0 aromatic carbocycles. The summed E-state index contributed by atoms with van der Waals surface area (Å²) in [6.07, 6.45) is 32.8. The van der Waals surface area contributed by atoms with Crippen LogP contribution >= 0.6 is 7.82 Å². The second kappa shape index (κ2) is 35.8. The number of hydrogen-bond acceptors (Lipinski definition) is 7. The SMILES string of the molecule is CCCCCCCCCCCCCCCCCC(O)C(COP(=O)(O)OCCN)NC(=O)CC(O)CCCCCCCCCCCCCC. The van der Waals surface area contributed by atoms with Crippen LogP contribution in [0.4, 0.5) is 0 Å². The second-order valence-corrected chi connectivity index (χ2v) is 15.9. The molecule has 0 saturated heterocycles. The minimum absolute atomic E-state index is 0.0625. The fourth-order valence-electron chi connectivity index (χ4n) is 6.36. The quantitative estimate of drug-likeness (QED) is 0.0311. The van der Waals surface area contributed by atoms with Crippen LogP contribution in [0.2, 0.25) is 0 Å². The zero-order chi connectivity index (χ0) is 36.3. The van der Waals surface area contributed by atoms with Crippen LogP contribution in [0, 0.1) is 0 Å². The van der Waals surface area contributed by atoms with Crippen molar-refractivity contribution in [1.82, 2.24) is 5.32 Å². The van der Waals surface area contributed by atoms with Crippen LogP contribution in [0.25, 0.3) is 0 Å². The number of nitrogens with two attached hydrogens (primary N) is 1. The number of nitrogens with one attached hydrogen (secondary N) is 1. The van der Waals surface area contributed by atoms with Gasteiger partial charge in [-0.15, -0.1) is 0 Å². The van der Waals surface area contributed by atoms with Gasteiger partial charge in [-0.1, -0.05) is 187 Å². The largest absolute Gasteiger partial charge is 0.472 e. The lowest BCUT2D eigenvalue weighted by molar-refractivity contribution is -0.125. The van der Waals surface area contributed by atoms with Crippen LogP contribution in [0.15, 0.2) is 0 Å². The highest BCUT2D eigenvalue weighted by Gasteiger charge is 2.28. The molecule has 49 heavy (non-hydrogen) atoms. The van der Waals surface area contributed by atoms with Gasteiger partial charge in [-0.2, -0.15) is 0 Å². The minimum atomic E-state index is -4.37. The molecule has 0 spiro atoms. The van der Waals surface area contributed by atoms with Gasteiger partial charge in [-0.25, -0.2) is 4.57 Å². The lowest BCUT2D eigenvalue weighted by atomic mass is 10.0. The van der Waals surface area contributed by atoms with Crippen LogP contribution in [-0.2, 0) is 18.4 Å². The number of carbonyl (C=O) groups is 1. The number of aliphatic hydroxyl groups excluding tert-OH is 2. The molecule has 0 aromatic rings. The molecule has 0 fully saturated rings. The monoisotopic (exact) mass is 721 g/mol.